The van der Waals surface area contributed by atoms with Gasteiger partial charge in [0.1, 0.15) is 11.6 Å². The second kappa shape index (κ2) is 16.0. The molecule has 0 spiro atoms. The number of phenols is 1. The molecule has 4 nitrogen and oxygen atoms in total. The molecule has 2 heterocycles. The number of aromatic nitrogens is 3. The molecule has 0 amide bonds. The van der Waals surface area contributed by atoms with Crippen LogP contribution in [0.1, 0.15) is 109 Å². The molecule has 0 saturated heterocycles. The van der Waals surface area contributed by atoms with E-state index in [9.17, 15) is 5.11 Å². The summed E-state index contributed by atoms with van der Waals surface area (Å²) in [5, 5.41) is 12.2. The number of hydrogen-bond donors (Lipinski definition) is 1. The van der Waals surface area contributed by atoms with Gasteiger partial charge in [0.05, 0.1) is 22.3 Å². The number of pyridine rings is 1. The fraction of sp³-hybridized carbons (Fsp3) is 0.263. The highest BCUT2D eigenvalue weighted by atomic mass is 16.3. The Balaban J connectivity index is 1.37. The van der Waals surface area contributed by atoms with Crippen LogP contribution in [-0.4, -0.2) is 19.6 Å². The molecule has 1 N–H and O–H groups in total. The quantitative estimate of drug-likeness (QED) is 0.166. The maximum Gasteiger partial charge on any atom is 0.149 e. The highest BCUT2D eigenvalue weighted by molar-refractivity contribution is 5.97. The van der Waals surface area contributed by atoms with E-state index < -0.39 is 0 Å². The van der Waals surface area contributed by atoms with Crippen LogP contribution in [-0.2, 0) is 10.8 Å². The minimum Gasteiger partial charge on any atom is -0.507 e. The Morgan fingerprint density at radius 1 is 0.541 bits per heavy atom. The van der Waals surface area contributed by atoms with Crippen LogP contribution in [0.2, 0.25) is 0 Å². The number of fused-ring (bicyclic) bond motifs is 1. The summed E-state index contributed by atoms with van der Waals surface area (Å²) >= 11 is 0. The van der Waals surface area contributed by atoms with E-state index in [0.717, 1.165) is 72.5 Å². The number of aryl methyl sites for hydroxylation is 1. The topological polar surface area (TPSA) is 50.9 Å². The largest absolute Gasteiger partial charge is 0.507 e. The van der Waals surface area contributed by atoms with Gasteiger partial charge in [-0.25, -0.2) is 4.98 Å². The number of nitrogens with zero attached hydrogens (tertiary/aromatic N) is 3. The Morgan fingerprint density at radius 3 is 1.90 bits per heavy atom. The van der Waals surface area contributed by atoms with Crippen molar-refractivity contribution in [1.29, 1.82) is 0 Å². The van der Waals surface area contributed by atoms with Crippen molar-refractivity contribution < 1.29 is 5.11 Å². The molecule has 8 rings (SSSR count). The number of rotatable bonds is 8. The Hall–Kier alpha value is -6.26. The van der Waals surface area contributed by atoms with Crippen molar-refractivity contribution >= 4 is 11.0 Å². The molecule has 0 aliphatic rings. The fourth-order valence-corrected chi connectivity index (χ4v) is 8.38. The lowest BCUT2D eigenvalue weighted by molar-refractivity contribution is 0.466. The third kappa shape index (κ3) is 8.29. The molecule has 0 atom stereocenters. The van der Waals surface area contributed by atoms with E-state index in [0.29, 0.717) is 5.82 Å². The maximum absolute atomic E-state index is 12.2. The molecule has 2 aromatic heterocycles. The zero-order valence-corrected chi connectivity index (χ0v) is 37.7. The van der Waals surface area contributed by atoms with Crippen LogP contribution in [0.25, 0.3) is 72.7 Å². The van der Waals surface area contributed by atoms with Crippen molar-refractivity contribution in [1.82, 2.24) is 14.5 Å². The number of para-hydroxylation sites is 1. The van der Waals surface area contributed by atoms with Crippen LogP contribution in [0.15, 0.2) is 140 Å². The van der Waals surface area contributed by atoms with Crippen molar-refractivity contribution in [2.24, 2.45) is 0 Å². The van der Waals surface area contributed by atoms with E-state index in [-0.39, 0.29) is 28.4 Å². The third-order valence-electron chi connectivity index (χ3n) is 12.1. The molecule has 0 fully saturated rings. The number of phenolic OH excluding ortho intramolecular Hbond substituents is 1. The highest BCUT2D eigenvalue weighted by Crippen LogP contribution is 2.44. The Labute approximate surface area is 363 Å². The van der Waals surface area contributed by atoms with Crippen LogP contribution >= 0.6 is 0 Å². The Kier molecular flexibility index (Phi) is 10.9. The van der Waals surface area contributed by atoms with Gasteiger partial charge < -0.3 is 5.11 Å². The first-order valence-electron chi connectivity index (χ1n) is 21.8. The van der Waals surface area contributed by atoms with Crippen LogP contribution in [0.4, 0.5) is 0 Å². The lowest BCUT2D eigenvalue weighted by Gasteiger charge is -2.22. The Bertz CT molecular complexity index is 2880. The summed E-state index contributed by atoms with van der Waals surface area (Å²) in [7, 11) is 0. The number of imidazole rings is 1. The predicted molar refractivity (Wildman–Crippen MR) is 258 cm³/mol. The normalized spacial score (nSPS) is 12.2. The molecule has 0 aliphatic carbocycles. The van der Waals surface area contributed by atoms with Crippen molar-refractivity contribution in [3.8, 4) is 67.5 Å². The van der Waals surface area contributed by atoms with Crippen molar-refractivity contribution in [2.75, 3.05) is 0 Å². The van der Waals surface area contributed by atoms with E-state index in [1.807, 2.05) is 6.20 Å². The molecule has 308 valence electrons. The van der Waals surface area contributed by atoms with E-state index >= 15 is 0 Å². The molecule has 61 heavy (non-hydrogen) atoms. The number of aromatic hydroxyl groups is 1. The minimum atomic E-state index is -0.130. The molecule has 6 aromatic carbocycles. The first-order chi connectivity index (χ1) is 29.0. The predicted octanol–water partition coefficient (Wildman–Crippen LogP) is 15.6. The summed E-state index contributed by atoms with van der Waals surface area (Å²) in [4.78, 5) is 10.5. The van der Waals surface area contributed by atoms with Crippen LogP contribution in [0, 0.1) is 6.92 Å². The van der Waals surface area contributed by atoms with E-state index in [1.165, 1.54) is 22.3 Å². The summed E-state index contributed by atoms with van der Waals surface area (Å²) in [5.41, 5.74) is 18.0. The lowest BCUT2D eigenvalue weighted by atomic mass is 9.83. The molecule has 0 aliphatic heterocycles. The van der Waals surface area contributed by atoms with Crippen molar-refractivity contribution in [2.45, 2.75) is 98.8 Å². The number of hydrogen-bond acceptors (Lipinski definition) is 3. The molecular formula is C57H59N3O. The molecule has 4 heteroatoms. The van der Waals surface area contributed by atoms with Gasteiger partial charge in [-0.3, -0.25) is 9.55 Å². The molecule has 0 radical (unpaired) electrons. The first kappa shape index (κ1) is 41.5. The van der Waals surface area contributed by atoms with Crippen LogP contribution in [0.3, 0.4) is 0 Å². The standard InChI is InChI=1S/C57H59N3O/c1-35(2)41-32-49(36(3)4)54(61)50(33-41)55-59-53-48(18-15-19-52(53)60(55)47-27-37(5)26-42(31-47)38-16-13-12-14-17-38)43-28-44(30-46(29-43)57(9,10)11)51-34-40(24-25-58-51)39-20-22-45(23-21-39)56(6,7)8/h12-36,61H,1-11H3. The molecular weight excluding hydrogens is 743 g/mol. The SMILES string of the molecule is Cc1cc(-c2ccccc2)cc(-n2c(-c3cc(C(C)C)cc(C(C)C)c3O)nc3c(-c4cc(-c5cc(-c6ccc(C(C)(C)C)cc6)ccn5)cc(C(C)(C)C)c4)cccc32)c1. The highest BCUT2D eigenvalue weighted by Gasteiger charge is 2.25. The van der Waals surface area contributed by atoms with Gasteiger partial charge in [0.2, 0.25) is 0 Å². The average molecular weight is 802 g/mol. The first-order valence-corrected chi connectivity index (χ1v) is 21.8. The summed E-state index contributed by atoms with van der Waals surface area (Å²) in [6.07, 6.45) is 1.93. The monoisotopic (exact) mass is 801 g/mol. The van der Waals surface area contributed by atoms with Crippen LogP contribution in [0.5, 0.6) is 5.75 Å². The van der Waals surface area contributed by atoms with Gasteiger partial charge in [0.15, 0.2) is 0 Å². The van der Waals surface area contributed by atoms with Crippen LogP contribution < -0.4 is 0 Å². The van der Waals surface area contributed by atoms with Gasteiger partial charge in [-0.15, -0.1) is 0 Å². The van der Waals surface area contributed by atoms with E-state index in [1.54, 1.807) is 0 Å². The Morgan fingerprint density at radius 2 is 1.23 bits per heavy atom. The lowest BCUT2D eigenvalue weighted by Crippen LogP contribution is -2.11. The van der Waals surface area contributed by atoms with Gasteiger partial charge in [0, 0.05) is 23.0 Å². The second-order valence-corrected chi connectivity index (χ2v) is 19.5. The third-order valence-corrected chi connectivity index (χ3v) is 12.1. The van der Waals surface area contributed by atoms with Gasteiger partial charge in [-0.05, 0) is 134 Å². The smallest absolute Gasteiger partial charge is 0.149 e. The van der Waals surface area contributed by atoms with Crippen molar-refractivity contribution in [3.05, 3.63) is 167 Å². The molecule has 0 bridgehead atoms. The van der Waals surface area contributed by atoms with E-state index in [2.05, 4.69) is 214 Å². The molecule has 0 unspecified atom stereocenters. The van der Waals surface area contributed by atoms with E-state index in [4.69, 9.17) is 9.97 Å². The summed E-state index contributed by atoms with van der Waals surface area (Å²) in [5.74, 6) is 1.39. The molecule has 0 saturated carbocycles. The van der Waals surface area contributed by atoms with Gasteiger partial charge >= 0.3 is 0 Å². The fourth-order valence-electron chi connectivity index (χ4n) is 8.38. The van der Waals surface area contributed by atoms with Gasteiger partial charge in [-0.2, -0.15) is 0 Å². The maximum atomic E-state index is 12.2. The zero-order valence-electron chi connectivity index (χ0n) is 37.7. The van der Waals surface area contributed by atoms with Crippen molar-refractivity contribution in [3.63, 3.8) is 0 Å². The second-order valence-electron chi connectivity index (χ2n) is 19.5. The summed E-state index contributed by atoms with van der Waals surface area (Å²) in [6, 6.07) is 48.2. The summed E-state index contributed by atoms with van der Waals surface area (Å²) in [6.45, 7) is 24.4. The minimum absolute atomic E-state index is 0.0891. The number of benzene rings is 6. The van der Waals surface area contributed by atoms with Gasteiger partial charge in [0.25, 0.3) is 0 Å². The zero-order chi connectivity index (χ0) is 43.4. The summed E-state index contributed by atoms with van der Waals surface area (Å²) < 4.78 is 2.26. The molecule has 8 aromatic rings. The average Bonchev–Trinajstić information content (AvgIpc) is 3.63. The van der Waals surface area contributed by atoms with Gasteiger partial charge in [-0.1, -0.05) is 154 Å².